The molecule has 1 fully saturated rings. The van der Waals surface area contributed by atoms with Crippen molar-refractivity contribution in [3.05, 3.63) is 0 Å². The summed E-state index contributed by atoms with van der Waals surface area (Å²) in [4.78, 5) is 2.46. The van der Waals surface area contributed by atoms with Crippen LogP contribution in [-0.4, -0.2) is 43.3 Å². The molecule has 0 saturated carbocycles. The van der Waals surface area contributed by atoms with Crippen LogP contribution in [0.25, 0.3) is 0 Å². The first-order valence-corrected chi connectivity index (χ1v) is 8.16. The minimum Gasteiger partial charge on any atom is -0.311 e. The first-order valence-electron chi connectivity index (χ1n) is 7.07. The quantitative estimate of drug-likeness (QED) is 0.635. The fourth-order valence-electron chi connectivity index (χ4n) is 1.86. The number of rotatable bonds is 8. The highest BCUT2D eigenvalue weighted by Crippen LogP contribution is 2.42. The highest BCUT2D eigenvalue weighted by atomic mass is 31.2. The van der Waals surface area contributed by atoms with E-state index in [1.54, 1.807) is 0 Å². The zero-order valence-corrected chi connectivity index (χ0v) is 13.1. The molecule has 1 rings (SSSR count). The summed E-state index contributed by atoms with van der Waals surface area (Å²) < 4.78 is 17.0. The zero-order chi connectivity index (χ0) is 13.4. The molecule has 0 radical (unpaired) electrons. The molecule has 108 valence electrons. The lowest BCUT2D eigenvalue weighted by atomic mass is 10.1. The molecule has 1 aliphatic rings. The van der Waals surface area contributed by atoms with Crippen LogP contribution in [0.3, 0.4) is 0 Å². The second-order valence-electron chi connectivity index (χ2n) is 5.27. The van der Waals surface area contributed by atoms with Crippen molar-refractivity contribution in [1.82, 2.24) is 4.90 Å². The van der Waals surface area contributed by atoms with Crippen LogP contribution in [0, 0.1) is 0 Å². The summed E-state index contributed by atoms with van der Waals surface area (Å²) in [5, 5.41) is 0. The molecule has 0 amide bonds. The van der Waals surface area contributed by atoms with Crippen LogP contribution in [0.4, 0.5) is 0 Å². The van der Waals surface area contributed by atoms with Crippen LogP contribution < -0.4 is 0 Å². The molecule has 0 aromatic rings. The van der Waals surface area contributed by atoms with Gasteiger partial charge in [0.1, 0.15) is 0 Å². The minimum absolute atomic E-state index is 0.143. The zero-order valence-electron chi connectivity index (χ0n) is 12.2. The molecule has 1 heterocycles. The second-order valence-corrected chi connectivity index (χ2v) is 6.39. The molecule has 18 heavy (non-hydrogen) atoms. The van der Waals surface area contributed by atoms with Gasteiger partial charge in [-0.3, -0.25) is 0 Å². The Morgan fingerprint density at radius 3 is 2.00 bits per heavy atom. The number of likely N-dealkylation sites (tertiary alicyclic amines) is 1. The van der Waals surface area contributed by atoms with E-state index in [-0.39, 0.29) is 12.2 Å². The molecule has 0 unspecified atom stereocenters. The van der Waals surface area contributed by atoms with Gasteiger partial charge >= 0.3 is 8.60 Å². The van der Waals surface area contributed by atoms with Gasteiger partial charge in [0.05, 0.1) is 18.8 Å². The molecule has 0 aromatic carbocycles. The van der Waals surface area contributed by atoms with Crippen LogP contribution in [0.2, 0.25) is 0 Å². The van der Waals surface area contributed by atoms with Gasteiger partial charge in [-0.05, 0) is 53.6 Å². The average Bonchev–Trinajstić information content (AvgIpc) is 2.28. The van der Waals surface area contributed by atoms with Crippen LogP contribution >= 0.6 is 8.60 Å². The SMILES string of the molecule is CC(C)OP(OCCN1CCCCC1)OC(C)C. The molecule has 0 aromatic heterocycles. The number of hydrogen-bond donors (Lipinski definition) is 0. The van der Waals surface area contributed by atoms with Gasteiger partial charge in [-0.25, -0.2) is 0 Å². The Kier molecular flexibility index (Phi) is 8.36. The first kappa shape index (κ1) is 16.3. The Morgan fingerprint density at radius 1 is 0.944 bits per heavy atom. The molecule has 0 aliphatic carbocycles. The fraction of sp³-hybridized carbons (Fsp3) is 1.00. The summed E-state index contributed by atoms with van der Waals surface area (Å²) in [7, 11) is -1.19. The van der Waals surface area contributed by atoms with Gasteiger partial charge in [0.15, 0.2) is 0 Å². The lowest BCUT2D eigenvalue weighted by Gasteiger charge is -2.27. The van der Waals surface area contributed by atoms with E-state index in [2.05, 4.69) is 4.90 Å². The molecule has 5 heteroatoms. The third-order valence-corrected chi connectivity index (χ3v) is 4.23. The van der Waals surface area contributed by atoms with Crippen molar-refractivity contribution in [3.8, 4) is 0 Å². The van der Waals surface area contributed by atoms with Crippen LogP contribution in [0.1, 0.15) is 47.0 Å². The molecule has 0 spiro atoms. The molecule has 0 atom stereocenters. The van der Waals surface area contributed by atoms with Crippen LogP contribution in [0.5, 0.6) is 0 Å². The van der Waals surface area contributed by atoms with Crippen molar-refractivity contribution < 1.29 is 13.6 Å². The Morgan fingerprint density at radius 2 is 1.50 bits per heavy atom. The van der Waals surface area contributed by atoms with Gasteiger partial charge in [-0.1, -0.05) is 6.42 Å². The highest BCUT2D eigenvalue weighted by Gasteiger charge is 2.17. The van der Waals surface area contributed by atoms with E-state index in [4.69, 9.17) is 13.6 Å². The van der Waals surface area contributed by atoms with E-state index in [9.17, 15) is 0 Å². The summed E-state index contributed by atoms with van der Waals surface area (Å²) in [5.41, 5.74) is 0. The smallest absolute Gasteiger partial charge is 0.311 e. The predicted molar refractivity (Wildman–Crippen MR) is 75.6 cm³/mol. The average molecular weight is 277 g/mol. The van der Waals surface area contributed by atoms with Crippen molar-refractivity contribution >= 4 is 8.60 Å². The minimum atomic E-state index is -1.19. The molecular weight excluding hydrogens is 249 g/mol. The standard InChI is InChI=1S/C13H28NO3P/c1-12(2)16-18(17-13(3)4)15-11-10-14-8-6-5-7-9-14/h12-13H,5-11H2,1-4H3. The van der Waals surface area contributed by atoms with E-state index < -0.39 is 8.60 Å². The number of piperidine rings is 1. The molecule has 0 bridgehead atoms. The number of nitrogens with zero attached hydrogens (tertiary/aromatic N) is 1. The monoisotopic (exact) mass is 277 g/mol. The van der Waals surface area contributed by atoms with Crippen molar-refractivity contribution in [3.63, 3.8) is 0 Å². The summed E-state index contributed by atoms with van der Waals surface area (Å²) in [6.45, 7) is 12.1. The van der Waals surface area contributed by atoms with Gasteiger partial charge in [-0.2, -0.15) is 0 Å². The fourth-order valence-corrected chi connectivity index (χ4v) is 2.95. The largest absolute Gasteiger partial charge is 0.333 e. The maximum absolute atomic E-state index is 5.75. The van der Waals surface area contributed by atoms with Crippen molar-refractivity contribution in [2.45, 2.75) is 59.2 Å². The topological polar surface area (TPSA) is 30.9 Å². The van der Waals surface area contributed by atoms with Gasteiger partial charge in [0.2, 0.25) is 0 Å². The van der Waals surface area contributed by atoms with Gasteiger partial charge in [0, 0.05) is 6.54 Å². The third kappa shape index (κ3) is 7.65. The molecule has 4 nitrogen and oxygen atoms in total. The Hall–Kier alpha value is 0.270. The van der Waals surface area contributed by atoms with E-state index in [1.165, 1.54) is 32.4 Å². The Bertz CT molecular complexity index is 198. The summed E-state index contributed by atoms with van der Waals surface area (Å²) in [5.74, 6) is 0. The van der Waals surface area contributed by atoms with E-state index in [1.807, 2.05) is 27.7 Å². The van der Waals surface area contributed by atoms with E-state index in [0.29, 0.717) is 6.61 Å². The Labute approximate surface area is 113 Å². The lowest BCUT2D eigenvalue weighted by molar-refractivity contribution is 0.100. The summed E-state index contributed by atoms with van der Waals surface area (Å²) in [6, 6.07) is 0. The maximum Gasteiger partial charge on any atom is 0.333 e. The summed E-state index contributed by atoms with van der Waals surface area (Å²) >= 11 is 0. The number of hydrogen-bond acceptors (Lipinski definition) is 4. The molecular formula is C13H28NO3P. The van der Waals surface area contributed by atoms with Gasteiger partial charge in [0.25, 0.3) is 0 Å². The highest BCUT2D eigenvalue weighted by molar-refractivity contribution is 7.41. The molecule has 1 saturated heterocycles. The Balaban J connectivity index is 2.18. The van der Waals surface area contributed by atoms with Gasteiger partial charge < -0.3 is 18.5 Å². The van der Waals surface area contributed by atoms with E-state index >= 15 is 0 Å². The maximum atomic E-state index is 5.75. The van der Waals surface area contributed by atoms with Crippen LogP contribution in [0.15, 0.2) is 0 Å². The van der Waals surface area contributed by atoms with Crippen molar-refractivity contribution in [2.24, 2.45) is 0 Å². The van der Waals surface area contributed by atoms with Gasteiger partial charge in [-0.15, -0.1) is 0 Å². The third-order valence-electron chi connectivity index (χ3n) is 2.65. The van der Waals surface area contributed by atoms with Crippen molar-refractivity contribution in [1.29, 1.82) is 0 Å². The molecule has 1 aliphatic heterocycles. The summed E-state index contributed by atoms with van der Waals surface area (Å²) in [6.07, 6.45) is 4.30. The normalized spacial score (nSPS) is 18.2. The first-order chi connectivity index (χ1) is 8.58. The lowest BCUT2D eigenvalue weighted by Crippen LogP contribution is -2.32. The van der Waals surface area contributed by atoms with E-state index in [0.717, 1.165) is 6.54 Å². The predicted octanol–water partition coefficient (Wildman–Crippen LogP) is 3.57. The van der Waals surface area contributed by atoms with Crippen molar-refractivity contribution in [2.75, 3.05) is 26.2 Å². The molecule has 0 N–H and O–H groups in total. The van der Waals surface area contributed by atoms with Crippen LogP contribution in [-0.2, 0) is 13.6 Å². The second kappa shape index (κ2) is 9.22.